The smallest absolute Gasteiger partial charge is 0.326 e. The molecule has 7 nitrogen and oxygen atoms in total. The van der Waals surface area contributed by atoms with Crippen LogP contribution in [0.1, 0.15) is 12.1 Å². The Kier molecular flexibility index (Phi) is 6.06. The Hall–Kier alpha value is -1.70. The fraction of sp³-hybridized carbons (Fsp3) is 0.500. The van der Waals surface area contributed by atoms with E-state index in [-0.39, 0.29) is 6.54 Å². The molecular weight excluding hydrogens is 256 g/mol. The fourth-order valence-electron chi connectivity index (χ4n) is 1.26. The topological polar surface area (TPSA) is 107 Å². The fourth-order valence-corrected chi connectivity index (χ4v) is 1.73. The van der Waals surface area contributed by atoms with Gasteiger partial charge < -0.3 is 20.7 Å². The lowest BCUT2D eigenvalue weighted by Gasteiger charge is -2.14. The van der Waals surface area contributed by atoms with Crippen molar-refractivity contribution in [3.63, 3.8) is 0 Å². The van der Waals surface area contributed by atoms with Crippen LogP contribution in [0, 0.1) is 0 Å². The molecular formula is C10H16N4O3S. The summed E-state index contributed by atoms with van der Waals surface area (Å²) in [5.74, 6) is -0.349. The van der Waals surface area contributed by atoms with Crippen molar-refractivity contribution in [2.24, 2.45) is 0 Å². The minimum Gasteiger partial charge on any atom is -0.480 e. The average molecular weight is 272 g/mol. The zero-order valence-electron chi connectivity index (χ0n) is 9.97. The number of imidazole rings is 1. The molecule has 0 aliphatic heterocycles. The van der Waals surface area contributed by atoms with E-state index in [1.165, 1.54) is 18.1 Å². The van der Waals surface area contributed by atoms with Gasteiger partial charge in [-0.25, -0.2) is 14.6 Å². The maximum absolute atomic E-state index is 11.5. The molecule has 0 aliphatic carbocycles. The van der Waals surface area contributed by atoms with Crippen LogP contribution in [0.5, 0.6) is 0 Å². The monoisotopic (exact) mass is 272 g/mol. The van der Waals surface area contributed by atoms with Gasteiger partial charge in [-0.05, 0) is 18.4 Å². The number of hydrogen-bond donors (Lipinski definition) is 4. The molecule has 0 radical (unpaired) electrons. The number of thioether (sulfide) groups is 1. The quantitative estimate of drug-likeness (QED) is 0.575. The van der Waals surface area contributed by atoms with Gasteiger partial charge in [-0.1, -0.05) is 0 Å². The number of carboxylic acids is 1. The summed E-state index contributed by atoms with van der Waals surface area (Å²) in [4.78, 5) is 29.0. The van der Waals surface area contributed by atoms with Crippen LogP contribution in [0.2, 0.25) is 0 Å². The van der Waals surface area contributed by atoms with Gasteiger partial charge in [0.15, 0.2) is 0 Å². The molecule has 4 N–H and O–H groups in total. The van der Waals surface area contributed by atoms with Crippen LogP contribution in [0.4, 0.5) is 4.79 Å². The highest BCUT2D eigenvalue weighted by Gasteiger charge is 2.18. The van der Waals surface area contributed by atoms with Crippen molar-refractivity contribution in [3.05, 3.63) is 18.2 Å². The van der Waals surface area contributed by atoms with E-state index in [9.17, 15) is 9.59 Å². The van der Waals surface area contributed by atoms with Crippen molar-refractivity contribution in [2.75, 3.05) is 12.0 Å². The van der Waals surface area contributed by atoms with Crippen molar-refractivity contribution in [3.8, 4) is 0 Å². The Labute approximate surface area is 109 Å². The third-order valence-electron chi connectivity index (χ3n) is 2.21. The van der Waals surface area contributed by atoms with E-state index in [0.29, 0.717) is 12.2 Å². The first-order valence-corrected chi connectivity index (χ1v) is 6.76. The second kappa shape index (κ2) is 7.59. The summed E-state index contributed by atoms with van der Waals surface area (Å²) < 4.78 is 0. The maximum Gasteiger partial charge on any atom is 0.326 e. The third kappa shape index (κ3) is 5.09. The lowest BCUT2D eigenvalue weighted by atomic mass is 10.2. The van der Waals surface area contributed by atoms with Gasteiger partial charge in [0.25, 0.3) is 0 Å². The summed E-state index contributed by atoms with van der Waals surface area (Å²) in [6, 6.07) is -1.36. The summed E-state index contributed by atoms with van der Waals surface area (Å²) in [5.41, 5.74) is 0.751. The van der Waals surface area contributed by atoms with Gasteiger partial charge in [0.1, 0.15) is 6.04 Å². The first-order chi connectivity index (χ1) is 8.63. The van der Waals surface area contributed by atoms with E-state index in [1.807, 2.05) is 6.26 Å². The third-order valence-corrected chi connectivity index (χ3v) is 2.85. The molecule has 1 aromatic heterocycles. The summed E-state index contributed by atoms with van der Waals surface area (Å²) in [7, 11) is 0. The van der Waals surface area contributed by atoms with Crippen molar-refractivity contribution >= 4 is 23.8 Å². The molecule has 100 valence electrons. The molecule has 0 aliphatic rings. The summed E-state index contributed by atoms with van der Waals surface area (Å²) in [6.45, 7) is 0.278. The second-order valence-corrected chi connectivity index (χ2v) is 4.56. The van der Waals surface area contributed by atoms with E-state index in [4.69, 9.17) is 5.11 Å². The van der Waals surface area contributed by atoms with Crippen LogP contribution >= 0.6 is 11.8 Å². The molecule has 1 rings (SSSR count). The molecule has 0 unspecified atom stereocenters. The number of aromatic nitrogens is 2. The average Bonchev–Trinajstić information content (AvgIpc) is 2.84. The van der Waals surface area contributed by atoms with Crippen LogP contribution in [0.3, 0.4) is 0 Å². The Bertz CT molecular complexity index is 382. The van der Waals surface area contributed by atoms with Crippen molar-refractivity contribution in [2.45, 2.75) is 19.0 Å². The minimum atomic E-state index is -1.03. The molecule has 1 atom stereocenters. The van der Waals surface area contributed by atoms with Crippen LogP contribution in [-0.4, -0.2) is 45.1 Å². The number of rotatable bonds is 7. The number of aliphatic carboxylic acids is 1. The van der Waals surface area contributed by atoms with Crippen molar-refractivity contribution in [1.82, 2.24) is 20.6 Å². The maximum atomic E-state index is 11.5. The Morgan fingerprint density at radius 1 is 1.61 bits per heavy atom. The number of nitrogens with zero attached hydrogens (tertiary/aromatic N) is 1. The predicted octanol–water partition coefficient (Wildman–Crippen LogP) is 0.415. The number of hydrogen-bond acceptors (Lipinski definition) is 4. The number of amides is 2. The van der Waals surface area contributed by atoms with Crippen LogP contribution in [0.25, 0.3) is 0 Å². The van der Waals surface area contributed by atoms with E-state index in [0.717, 1.165) is 5.69 Å². The highest BCUT2D eigenvalue weighted by Crippen LogP contribution is 2.01. The molecule has 1 aromatic rings. The summed E-state index contributed by atoms with van der Waals surface area (Å²) in [5, 5.41) is 13.9. The lowest BCUT2D eigenvalue weighted by molar-refractivity contribution is -0.139. The molecule has 8 heteroatoms. The number of nitrogens with one attached hydrogen (secondary N) is 3. The lowest BCUT2D eigenvalue weighted by Crippen LogP contribution is -2.46. The number of urea groups is 1. The Balaban J connectivity index is 2.34. The number of carboxylic acid groups (broad SMARTS) is 1. The van der Waals surface area contributed by atoms with Crippen LogP contribution in [0.15, 0.2) is 12.5 Å². The van der Waals surface area contributed by atoms with Gasteiger partial charge >= 0.3 is 12.0 Å². The summed E-state index contributed by atoms with van der Waals surface area (Å²) >= 11 is 1.54. The molecule has 0 aromatic carbocycles. The van der Waals surface area contributed by atoms with E-state index >= 15 is 0 Å². The SMILES string of the molecule is CSCC[C@@H](NC(=O)NCc1cnc[nH]1)C(=O)O. The molecule has 0 saturated heterocycles. The standard InChI is InChI=1S/C10H16N4O3S/c1-18-3-2-8(9(15)16)14-10(17)12-5-7-4-11-6-13-7/h4,6,8H,2-3,5H2,1H3,(H,11,13)(H,15,16)(H2,12,14,17)/t8-/m1/s1. The van der Waals surface area contributed by atoms with E-state index in [1.54, 1.807) is 6.20 Å². The predicted molar refractivity (Wildman–Crippen MR) is 68.4 cm³/mol. The number of H-pyrrole nitrogens is 1. The molecule has 0 bridgehead atoms. The minimum absolute atomic E-state index is 0.278. The Morgan fingerprint density at radius 2 is 2.39 bits per heavy atom. The highest BCUT2D eigenvalue weighted by atomic mass is 32.2. The highest BCUT2D eigenvalue weighted by molar-refractivity contribution is 7.98. The van der Waals surface area contributed by atoms with Crippen LogP contribution < -0.4 is 10.6 Å². The number of carbonyl (C=O) groups is 2. The first kappa shape index (κ1) is 14.4. The molecule has 18 heavy (non-hydrogen) atoms. The van der Waals surface area contributed by atoms with Crippen LogP contribution in [-0.2, 0) is 11.3 Å². The molecule has 0 saturated carbocycles. The molecule has 2 amide bonds. The number of carbonyl (C=O) groups excluding carboxylic acids is 1. The Morgan fingerprint density at radius 3 is 2.94 bits per heavy atom. The van der Waals surface area contributed by atoms with Gasteiger partial charge in [-0.3, -0.25) is 0 Å². The molecule has 0 spiro atoms. The summed E-state index contributed by atoms with van der Waals surface area (Å²) in [6.07, 6.45) is 5.38. The van der Waals surface area contributed by atoms with E-state index < -0.39 is 18.0 Å². The van der Waals surface area contributed by atoms with Crippen molar-refractivity contribution in [1.29, 1.82) is 0 Å². The van der Waals surface area contributed by atoms with E-state index in [2.05, 4.69) is 20.6 Å². The number of aromatic amines is 1. The second-order valence-electron chi connectivity index (χ2n) is 3.58. The van der Waals surface area contributed by atoms with Gasteiger partial charge in [0.2, 0.25) is 0 Å². The van der Waals surface area contributed by atoms with Gasteiger partial charge in [0.05, 0.1) is 18.6 Å². The van der Waals surface area contributed by atoms with Crippen molar-refractivity contribution < 1.29 is 14.7 Å². The first-order valence-electron chi connectivity index (χ1n) is 5.37. The van der Waals surface area contributed by atoms with Gasteiger partial charge in [-0.2, -0.15) is 11.8 Å². The normalized spacial score (nSPS) is 11.8. The molecule has 1 heterocycles. The largest absolute Gasteiger partial charge is 0.480 e. The molecule has 0 fully saturated rings. The zero-order chi connectivity index (χ0) is 13.4. The van der Waals surface area contributed by atoms with Gasteiger partial charge in [-0.15, -0.1) is 0 Å². The van der Waals surface area contributed by atoms with Gasteiger partial charge in [0, 0.05) is 6.20 Å². The zero-order valence-corrected chi connectivity index (χ0v) is 10.8.